The van der Waals surface area contributed by atoms with Crippen LogP contribution in [0.2, 0.25) is 0 Å². The Hall–Kier alpha value is -0.350. The maximum atomic E-state index is 4.98. The van der Waals surface area contributed by atoms with Gasteiger partial charge in [-0.05, 0) is 0 Å². The molecule has 0 saturated carbocycles. The number of nitrogens with zero attached hydrogens (tertiary/aromatic N) is 1. The van der Waals surface area contributed by atoms with Crippen LogP contribution in [0.5, 0.6) is 0 Å². The first kappa shape index (κ1) is 7.75. The predicted molar refractivity (Wildman–Crippen MR) is 42.0 cm³/mol. The molecular formula is C6H9BrN2O. The van der Waals surface area contributed by atoms with Crippen LogP contribution in [-0.2, 0) is 11.2 Å². The van der Waals surface area contributed by atoms with E-state index >= 15 is 0 Å². The molecular weight excluding hydrogens is 196 g/mol. The van der Waals surface area contributed by atoms with E-state index in [1.807, 2.05) is 0 Å². The minimum atomic E-state index is 0.0543. The zero-order chi connectivity index (χ0) is 7.40. The van der Waals surface area contributed by atoms with Crippen molar-refractivity contribution in [2.45, 2.75) is 11.4 Å². The molecule has 4 heteroatoms. The third-order valence-electron chi connectivity index (χ3n) is 1.16. The standard InChI is InChI=1S/C6H9BrN2O/c1-10-5(7)4-6-8-2-3-9-6/h2-3,5H,4H2,1H3,(H,8,9). The second kappa shape index (κ2) is 3.73. The highest BCUT2D eigenvalue weighted by Crippen LogP contribution is 2.05. The van der Waals surface area contributed by atoms with Crippen molar-refractivity contribution in [1.29, 1.82) is 0 Å². The average Bonchev–Trinajstić information content (AvgIpc) is 2.40. The van der Waals surface area contributed by atoms with E-state index in [0.29, 0.717) is 0 Å². The van der Waals surface area contributed by atoms with Crippen LogP contribution in [-0.4, -0.2) is 22.1 Å². The van der Waals surface area contributed by atoms with Gasteiger partial charge in [0.2, 0.25) is 0 Å². The molecule has 0 bridgehead atoms. The molecule has 56 valence electrons. The van der Waals surface area contributed by atoms with Gasteiger partial charge in [0, 0.05) is 25.9 Å². The zero-order valence-corrected chi connectivity index (χ0v) is 7.26. The molecule has 0 saturated heterocycles. The quantitative estimate of drug-likeness (QED) is 0.755. The molecule has 10 heavy (non-hydrogen) atoms. The summed E-state index contributed by atoms with van der Waals surface area (Å²) in [7, 11) is 1.66. The van der Waals surface area contributed by atoms with Crippen molar-refractivity contribution in [1.82, 2.24) is 9.97 Å². The Bertz CT molecular complexity index is 176. The Labute approximate surface area is 67.9 Å². The predicted octanol–water partition coefficient (Wildman–Crippen LogP) is 1.32. The van der Waals surface area contributed by atoms with Crippen molar-refractivity contribution >= 4 is 15.9 Å². The van der Waals surface area contributed by atoms with Crippen molar-refractivity contribution in [3.63, 3.8) is 0 Å². The Kier molecular flexibility index (Phi) is 2.89. The van der Waals surface area contributed by atoms with Crippen molar-refractivity contribution in [3.05, 3.63) is 18.2 Å². The number of rotatable bonds is 3. The molecule has 0 aromatic carbocycles. The van der Waals surface area contributed by atoms with E-state index in [0.717, 1.165) is 12.2 Å². The van der Waals surface area contributed by atoms with E-state index in [-0.39, 0.29) is 5.01 Å². The summed E-state index contributed by atoms with van der Waals surface area (Å²) < 4.78 is 4.98. The molecule has 0 aliphatic carbocycles. The number of hydrogen-bond donors (Lipinski definition) is 1. The second-order valence-corrected chi connectivity index (χ2v) is 2.91. The summed E-state index contributed by atoms with van der Waals surface area (Å²) in [5, 5.41) is 0.0543. The summed E-state index contributed by atoms with van der Waals surface area (Å²) >= 11 is 3.32. The Morgan fingerprint density at radius 1 is 1.90 bits per heavy atom. The van der Waals surface area contributed by atoms with Gasteiger partial charge in [0.25, 0.3) is 0 Å². The maximum absolute atomic E-state index is 4.98. The summed E-state index contributed by atoms with van der Waals surface area (Å²) in [6.07, 6.45) is 4.29. The molecule has 1 unspecified atom stereocenters. The van der Waals surface area contributed by atoms with E-state index in [1.54, 1.807) is 19.5 Å². The number of methoxy groups -OCH3 is 1. The van der Waals surface area contributed by atoms with Crippen LogP contribution in [0.1, 0.15) is 5.82 Å². The van der Waals surface area contributed by atoms with Crippen LogP contribution >= 0.6 is 15.9 Å². The highest BCUT2D eigenvalue weighted by atomic mass is 79.9. The van der Waals surface area contributed by atoms with Crippen molar-refractivity contribution in [2.24, 2.45) is 0 Å². The molecule has 1 aromatic rings. The number of nitrogens with one attached hydrogen (secondary N) is 1. The van der Waals surface area contributed by atoms with Gasteiger partial charge in [0.1, 0.15) is 10.8 Å². The third kappa shape index (κ3) is 2.11. The van der Waals surface area contributed by atoms with Gasteiger partial charge in [-0.15, -0.1) is 0 Å². The van der Waals surface area contributed by atoms with Gasteiger partial charge in [-0.2, -0.15) is 0 Å². The van der Waals surface area contributed by atoms with Gasteiger partial charge in [-0.3, -0.25) is 0 Å². The molecule has 1 heterocycles. The lowest BCUT2D eigenvalue weighted by atomic mass is 10.4. The summed E-state index contributed by atoms with van der Waals surface area (Å²) in [6, 6.07) is 0. The van der Waals surface area contributed by atoms with Gasteiger partial charge in [0.15, 0.2) is 0 Å². The molecule has 0 fully saturated rings. The monoisotopic (exact) mass is 204 g/mol. The molecule has 1 atom stereocenters. The molecule has 1 N–H and O–H groups in total. The molecule has 0 radical (unpaired) electrons. The van der Waals surface area contributed by atoms with E-state index in [2.05, 4.69) is 25.9 Å². The molecule has 3 nitrogen and oxygen atoms in total. The van der Waals surface area contributed by atoms with Gasteiger partial charge in [0.05, 0.1) is 0 Å². The van der Waals surface area contributed by atoms with E-state index in [1.165, 1.54) is 0 Å². The molecule has 0 spiro atoms. The van der Waals surface area contributed by atoms with E-state index in [4.69, 9.17) is 4.74 Å². The topological polar surface area (TPSA) is 37.9 Å². The molecule has 0 amide bonds. The highest BCUT2D eigenvalue weighted by molar-refractivity contribution is 9.09. The normalized spacial score (nSPS) is 13.4. The molecule has 1 aromatic heterocycles. The summed E-state index contributed by atoms with van der Waals surface area (Å²) in [4.78, 5) is 7.02. The number of ether oxygens (including phenoxy) is 1. The SMILES string of the molecule is COC(Br)Cc1ncc[nH]1. The zero-order valence-electron chi connectivity index (χ0n) is 5.67. The third-order valence-corrected chi connectivity index (χ3v) is 1.86. The highest BCUT2D eigenvalue weighted by Gasteiger charge is 2.03. The smallest absolute Gasteiger partial charge is 0.119 e. The van der Waals surface area contributed by atoms with Gasteiger partial charge in [-0.25, -0.2) is 4.98 Å². The molecule has 1 rings (SSSR count). The van der Waals surface area contributed by atoms with E-state index in [9.17, 15) is 0 Å². The Balaban J connectivity index is 2.40. The van der Waals surface area contributed by atoms with Gasteiger partial charge >= 0.3 is 0 Å². The van der Waals surface area contributed by atoms with Crippen LogP contribution < -0.4 is 0 Å². The van der Waals surface area contributed by atoms with Crippen LogP contribution in [0, 0.1) is 0 Å². The number of imidazole rings is 1. The maximum Gasteiger partial charge on any atom is 0.119 e. The fourth-order valence-electron chi connectivity index (χ4n) is 0.645. The van der Waals surface area contributed by atoms with Crippen molar-refractivity contribution in [3.8, 4) is 0 Å². The first-order valence-corrected chi connectivity index (χ1v) is 3.89. The Morgan fingerprint density at radius 3 is 3.20 bits per heavy atom. The molecule has 0 aliphatic heterocycles. The van der Waals surface area contributed by atoms with Crippen LogP contribution in [0.3, 0.4) is 0 Å². The average molecular weight is 205 g/mol. The van der Waals surface area contributed by atoms with Crippen LogP contribution in [0.4, 0.5) is 0 Å². The summed E-state index contributed by atoms with van der Waals surface area (Å²) in [6.45, 7) is 0. The molecule has 0 aliphatic rings. The minimum absolute atomic E-state index is 0.0543. The number of hydrogen-bond acceptors (Lipinski definition) is 2. The van der Waals surface area contributed by atoms with Gasteiger partial charge < -0.3 is 9.72 Å². The number of alkyl halides is 1. The van der Waals surface area contributed by atoms with E-state index < -0.39 is 0 Å². The Morgan fingerprint density at radius 2 is 2.70 bits per heavy atom. The summed E-state index contributed by atoms with van der Waals surface area (Å²) in [5.74, 6) is 0.934. The number of halogens is 1. The summed E-state index contributed by atoms with van der Waals surface area (Å²) in [5.41, 5.74) is 0. The second-order valence-electron chi connectivity index (χ2n) is 1.89. The first-order valence-electron chi connectivity index (χ1n) is 2.98. The lowest BCUT2D eigenvalue weighted by molar-refractivity contribution is 0.177. The van der Waals surface area contributed by atoms with Crippen molar-refractivity contribution < 1.29 is 4.74 Å². The van der Waals surface area contributed by atoms with Crippen molar-refractivity contribution in [2.75, 3.05) is 7.11 Å². The van der Waals surface area contributed by atoms with Crippen LogP contribution in [0.25, 0.3) is 0 Å². The lowest BCUT2D eigenvalue weighted by Gasteiger charge is -2.03. The number of aromatic amines is 1. The number of aromatic nitrogens is 2. The fourth-order valence-corrected chi connectivity index (χ4v) is 0.952. The number of H-pyrrole nitrogens is 1. The fraction of sp³-hybridized carbons (Fsp3) is 0.500. The largest absolute Gasteiger partial charge is 0.370 e. The minimum Gasteiger partial charge on any atom is -0.370 e. The van der Waals surface area contributed by atoms with Crippen LogP contribution in [0.15, 0.2) is 12.4 Å². The first-order chi connectivity index (χ1) is 4.83. The lowest BCUT2D eigenvalue weighted by Crippen LogP contribution is -2.05. The van der Waals surface area contributed by atoms with Gasteiger partial charge in [-0.1, -0.05) is 15.9 Å².